The molecule has 2 fully saturated rings. The van der Waals surface area contributed by atoms with E-state index in [0.29, 0.717) is 12.8 Å². The smallest absolute Gasteiger partial charge is 0.410 e. The average molecular weight is 283 g/mol. The van der Waals surface area contributed by atoms with Gasteiger partial charge in [0.15, 0.2) is 0 Å². The second-order valence-electron chi connectivity index (χ2n) is 7.05. The predicted octanol–water partition coefficient (Wildman–Crippen LogP) is 1.12. The van der Waals surface area contributed by atoms with E-state index in [9.17, 15) is 9.59 Å². The predicted molar refractivity (Wildman–Crippen MR) is 74.8 cm³/mol. The Bertz CT molecular complexity index is 402. The van der Waals surface area contributed by atoms with Crippen molar-refractivity contribution in [3.8, 4) is 0 Å². The minimum atomic E-state index is -0.992. The molecule has 0 spiro atoms. The van der Waals surface area contributed by atoms with Gasteiger partial charge in [-0.25, -0.2) is 4.79 Å². The Kier molecular flexibility index (Phi) is 3.71. The number of nitrogens with two attached hydrogens (primary N) is 2. The topological polar surface area (TPSA) is 98.7 Å². The van der Waals surface area contributed by atoms with Gasteiger partial charge in [0.1, 0.15) is 5.60 Å². The molecule has 4 N–H and O–H groups in total. The highest BCUT2D eigenvalue weighted by atomic mass is 16.6. The lowest BCUT2D eigenvalue weighted by atomic mass is 9.74. The van der Waals surface area contributed by atoms with Crippen LogP contribution in [-0.4, -0.2) is 40.1 Å². The zero-order valence-corrected chi connectivity index (χ0v) is 12.5. The second-order valence-corrected chi connectivity index (χ2v) is 7.05. The molecule has 0 aromatic rings. The molecule has 2 bridgehead atoms. The highest BCUT2D eigenvalue weighted by Gasteiger charge is 2.50. The largest absolute Gasteiger partial charge is 0.444 e. The van der Waals surface area contributed by atoms with Crippen LogP contribution >= 0.6 is 0 Å². The van der Waals surface area contributed by atoms with Gasteiger partial charge in [-0.3, -0.25) is 4.79 Å². The fraction of sp³-hybridized carbons (Fsp3) is 0.857. The Morgan fingerprint density at radius 3 is 2.10 bits per heavy atom. The van der Waals surface area contributed by atoms with Crippen molar-refractivity contribution in [1.29, 1.82) is 0 Å². The Balaban J connectivity index is 2.17. The molecule has 0 saturated carbocycles. The van der Waals surface area contributed by atoms with Gasteiger partial charge >= 0.3 is 6.09 Å². The highest BCUT2D eigenvalue weighted by molar-refractivity contribution is 5.85. The maximum absolute atomic E-state index is 12.4. The van der Waals surface area contributed by atoms with Crippen LogP contribution in [0.15, 0.2) is 0 Å². The van der Waals surface area contributed by atoms with Gasteiger partial charge in [-0.1, -0.05) is 0 Å². The number of amides is 2. The number of hydrogen-bond acceptors (Lipinski definition) is 4. The minimum absolute atomic E-state index is 0.0464. The molecule has 0 aliphatic carbocycles. The zero-order chi connectivity index (χ0) is 15.1. The monoisotopic (exact) mass is 283 g/mol. The van der Waals surface area contributed by atoms with Crippen molar-refractivity contribution in [2.75, 3.05) is 0 Å². The molecule has 0 aromatic carbocycles. The molecule has 20 heavy (non-hydrogen) atoms. The van der Waals surface area contributed by atoms with Crippen LogP contribution in [0.2, 0.25) is 0 Å². The van der Waals surface area contributed by atoms with Crippen LogP contribution in [-0.2, 0) is 9.53 Å². The van der Waals surface area contributed by atoms with Crippen molar-refractivity contribution in [3.05, 3.63) is 0 Å². The first kappa shape index (κ1) is 15.1. The molecule has 0 radical (unpaired) electrons. The van der Waals surface area contributed by atoms with Crippen LogP contribution in [0.5, 0.6) is 0 Å². The number of carbonyl (C=O) groups excluding carboxylic acids is 2. The summed E-state index contributed by atoms with van der Waals surface area (Å²) < 4.78 is 5.47. The number of carbonyl (C=O) groups is 2. The van der Waals surface area contributed by atoms with Gasteiger partial charge in [-0.2, -0.15) is 0 Å². The number of ether oxygens (including phenoxy) is 1. The van der Waals surface area contributed by atoms with E-state index < -0.39 is 17.0 Å². The van der Waals surface area contributed by atoms with E-state index in [-0.39, 0.29) is 18.2 Å². The average Bonchev–Trinajstić information content (AvgIpc) is 2.24. The SMILES string of the molecule is CC(C)(C)OC(=O)N1C2CCCC1CC(N)(C(N)=O)C2. The van der Waals surface area contributed by atoms with Crippen LogP contribution in [0.4, 0.5) is 4.79 Å². The summed E-state index contributed by atoms with van der Waals surface area (Å²) >= 11 is 0. The molecule has 2 amide bonds. The van der Waals surface area contributed by atoms with E-state index in [1.165, 1.54) is 0 Å². The van der Waals surface area contributed by atoms with Crippen molar-refractivity contribution in [2.45, 2.75) is 76.1 Å². The van der Waals surface area contributed by atoms with E-state index in [4.69, 9.17) is 16.2 Å². The highest BCUT2D eigenvalue weighted by Crippen LogP contribution is 2.38. The summed E-state index contributed by atoms with van der Waals surface area (Å²) in [6, 6.07) is -0.0929. The van der Waals surface area contributed by atoms with Crippen LogP contribution < -0.4 is 11.5 Å². The molecule has 114 valence electrons. The number of fused-ring (bicyclic) bond motifs is 2. The molecule has 2 aliphatic rings. The number of rotatable bonds is 1. The van der Waals surface area contributed by atoms with Gasteiger partial charge in [0, 0.05) is 12.1 Å². The fourth-order valence-electron chi connectivity index (χ4n) is 3.30. The molecule has 2 atom stereocenters. The molecular weight excluding hydrogens is 258 g/mol. The quantitative estimate of drug-likeness (QED) is 0.753. The van der Waals surface area contributed by atoms with E-state index in [2.05, 4.69) is 0 Å². The van der Waals surface area contributed by atoms with Crippen LogP contribution in [0, 0.1) is 0 Å². The van der Waals surface area contributed by atoms with Gasteiger partial charge in [0.05, 0.1) is 5.54 Å². The van der Waals surface area contributed by atoms with Gasteiger partial charge in [-0.05, 0) is 52.9 Å². The standard InChI is InChI=1S/C14H25N3O3/c1-13(2,3)20-12(19)17-9-5-4-6-10(17)8-14(16,7-9)11(15)18/h9-10H,4-8,16H2,1-3H3,(H2,15,18). The fourth-order valence-corrected chi connectivity index (χ4v) is 3.30. The number of piperidine rings is 2. The molecule has 2 aliphatic heterocycles. The van der Waals surface area contributed by atoms with Crippen LogP contribution in [0.25, 0.3) is 0 Å². The molecule has 2 rings (SSSR count). The summed E-state index contributed by atoms with van der Waals surface area (Å²) in [5, 5.41) is 0. The van der Waals surface area contributed by atoms with Gasteiger partial charge in [-0.15, -0.1) is 0 Å². The molecule has 6 nitrogen and oxygen atoms in total. The van der Waals surface area contributed by atoms with Crippen molar-refractivity contribution in [3.63, 3.8) is 0 Å². The summed E-state index contributed by atoms with van der Waals surface area (Å²) in [6.45, 7) is 5.55. The van der Waals surface area contributed by atoms with Gasteiger partial charge < -0.3 is 21.1 Å². The van der Waals surface area contributed by atoms with Gasteiger partial charge in [0.2, 0.25) is 5.91 Å². The van der Waals surface area contributed by atoms with Crippen LogP contribution in [0.3, 0.4) is 0 Å². The van der Waals surface area contributed by atoms with Crippen molar-refractivity contribution in [2.24, 2.45) is 11.5 Å². The third kappa shape index (κ3) is 2.90. The molecule has 0 aromatic heterocycles. The molecular formula is C14H25N3O3. The Hall–Kier alpha value is -1.30. The Morgan fingerprint density at radius 2 is 1.70 bits per heavy atom. The summed E-state index contributed by atoms with van der Waals surface area (Å²) in [7, 11) is 0. The number of nitrogens with zero attached hydrogens (tertiary/aromatic N) is 1. The Labute approximate surface area is 119 Å². The van der Waals surface area contributed by atoms with E-state index in [0.717, 1.165) is 19.3 Å². The van der Waals surface area contributed by atoms with Crippen molar-refractivity contribution >= 4 is 12.0 Å². The number of primary amides is 1. The normalized spacial score (nSPS) is 33.7. The van der Waals surface area contributed by atoms with Crippen molar-refractivity contribution < 1.29 is 14.3 Å². The molecule has 6 heteroatoms. The molecule has 2 saturated heterocycles. The van der Waals surface area contributed by atoms with E-state index in [1.807, 2.05) is 20.8 Å². The molecule has 2 heterocycles. The third-order valence-corrected chi connectivity index (χ3v) is 4.16. The van der Waals surface area contributed by atoms with Gasteiger partial charge in [0.25, 0.3) is 0 Å². The van der Waals surface area contributed by atoms with E-state index >= 15 is 0 Å². The lowest BCUT2D eigenvalue weighted by Gasteiger charge is -2.51. The summed E-state index contributed by atoms with van der Waals surface area (Å²) in [5.41, 5.74) is 10.0. The van der Waals surface area contributed by atoms with Crippen molar-refractivity contribution in [1.82, 2.24) is 4.90 Å². The third-order valence-electron chi connectivity index (χ3n) is 4.16. The zero-order valence-electron chi connectivity index (χ0n) is 12.5. The lowest BCUT2D eigenvalue weighted by Crippen LogP contribution is -2.67. The molecule has 2 unspecified atom stereocenters. The maximum Gasteiger partial charge on any atom is 0.410 e. The summed E-state index contributed by atoms with van der Waals surface area (Å²) in [4.78, 5) is 25.7. The van der Waals surface area contributed by atoms with Crippen LogP contribution in [0.1, 0.15) is 52.9 Å². The summed E-state index contributed by atoms with van der Waals surface area (Å²) in [5.74, 6) is -0.474. The maximum atomic E-state index is 12.4. The Morgan fingerprint density at radius 1 is 1.20 bits per heavy atom. The number of hydrogen-bond donors (Lipinski definition) is 2. The summed E-state index contributed by atoms with van der Waals surface area (Å²) in [6.07, 6.45) is 3.29. The first-order valence-corrected chi connectivity index (χ1v) is 7.22. The van der Waals surface area contributed by atoms with E-state index in [1.54, 1.807) is 4.90 Å². The first-order chi connectivity index (χ1) is 9.12. The second kappa shape index (κ2) is 4.91. The lowest BCUT2D eigenvalue weighted by molar-refractivity contribution is -0.128. The minimum Gasteiger partial charge on any atom is -0.444 e. The first-order valence-electron chi connectivity index (χ1n) is 7.22.